The van der Waals surface area contributed by atoms with E-state index in [1.54, 1.807) is 0 Å². The first-order valence-corrected chi connectivity index (χ1v) is 4.26. The molecule has 0 saturated heterocycles. The van der Waals surface area contributed by atoms with Crippen LogP contribution in [0, 0.1) is 0 Å². The van der Waals surface area contributed by atoms with Crippen molar-refractivity contribution in [1.29, 1.82) is 0 Å². The molecule has 0 aromatic rings. The molecule has 0 bridgehead atoms. The summed E-state index contributed by atoms with van der Waals surface area (Å²) in [6.45, 7) is 5.66. The standard InChI is InChI=1S/C9H16O4/c1-3-8(7-10)12-5-6-13-9(11)4-2/h4,8,10H,2-3,5-7H2,1H3. The average Bonchev–Trinajstić information content (AvgIpc) is 2.18. The van der Waals surface area contributed by atoms with Gasteiger partial charge in [-0.2, -0.15) is 0 Å². The van der Waals surface area contributed by atoms with Gasteiger partial charge in [-0.05, 0) is 6.42 Å². The Bertz CT molecular complexity index is 152. The van der Waals surface area contributed by atoms with Crippen molar-refractivity contribution in [2.75, 3.05) is 19.8 Å². The number of hydrogen-bond acceptors (Lipinski definition) is 4. The first-order valence-electron chi connectivity index (χ1n) is 4.26. The number of ether oxygens (including phenoxy) is 2. The highest BCUT2D eigenvalue weighted by atomic mass is 16.6. The van der Waals surface area contributed by atoms with Gasteiger partial charge in [0.2, 0.25) is 0 Å². The van der Waals surface area contributed by atoms with Crippen LogP contribution < -0.4 is 0 Å². The second kappa shape index (κ2) is 7.76. The van der Waals surface area contributed by atoms with Crippen molar-refractivity contribution >= 4 is 5.97 Å². The molecule has 0 spiro atoms. The molecule has 0 aliphatic carbocycles. The van der Waals surface area contributed by atoms with Crippen LogP contribution in [0.4, 0.5) is 0 Å². The molecule has 0 aliphatic rings. The van der Waals surface area contributed by atoms with E-state index in [1.165, 1.54) is 0 Å². The van der Waals surface area contributed by atoms with Gasteiger partial charge in [0.1, 0.15) is 6.61 Å². The van der Waals surface area contributed by atoms with Crippen LogP contribution in [0.3, 0.4) is 0 Å². The summed E-state index contributed by atoms with van der Waals surface area (Å²) in [5.74, 6) is -0.458. The molecule has 0 radical (unpaired) electrons. The maximum absolute atomic E-state index is 10.6. The van der Waals surface area contributed by atoms with Crippen molar-refractivity contribution in [1.82, 2.24) is 0 Å². The number of aliphatic hydroxyl groups is 1. The molecule has 13 heavy (non-hydrogen) atoms. The quantitative estimate of drug-likeness (QED) is 0.359. The maximum Gasteiger partial charge on any atom is 0.330 e. The van der Waals surface area contributed by atoms with E-state index in [4.69, 9.17) is 9.84 Å². The van der Waals surface area contributed by atoms with E-state index in [2.05, 4.69) is 11.3 Å². The fraction of sp³-hybridized carbons (Fsp3) is 0.667. The smallest absolute Gasteiger partial charge is 0.330 e. The topological polar surface area (TPSA) is 55.8 Å². The van der Waals surface area contributed by atoms with Gasteiger partial charge in [0.25, 0.3) is 0 Å². The van der Waals surface area contributed by atoms with Crippen LogP contribution in [0.1, 0.15) is 13.3 Å². The minimum atomic E-state index is -0.458. The summed E-state index contributed by atoms with van der Waals surface area (Å²) in [5, 5.41) is 8.73. The van der Waals surface area contributed by atoms with Crippen LogP contribution in [0.2, 0.25) is 0 Å². The predicted octanol–water partition coefficient (Wildman–Crippen LogP) is 0.503. The van der Waals surface area contributed by atoms with E-state index in [1.807, 2.05) is 6.92 Å². The maximum atomic E-state index is 10.6. The Labute approximate surface area is 78.2 Å². The molecule has 0 aromatic heterocycles. The molecule has 76 valence electrons. The zero-order valence-corrected chi connectivity index (χ0v) is 7.86. The Kier molecular flexibility index (Phi) is 7.24. The van der Waals surface area contributed by atoms with Crippen LogP contribution in [0.15, 0.2) is 12.7 Å². The monoisotopic (exact) mass is 188 g/mol. The molecule has 1 unspecified atom stereocenters. The Morgan fingerprint density at radius 3 is 2.77 bits per heavy atom. The molecular weight excluding hydrogens is 172 g/mol. The molecule has 1 atom stereocenters. The molecular formula is C9H16O4. The predicted molar refractivity (Wildman–Crippen MR) is 48.3 cm³/mol. The van der Waals surface area contributed by atoms with E-state index in [-0.39, 0.29) is 19.3 Å². The van der Waals surface area contributed by atoms with Gasteiger partial charge < -0.3 is 14.6 Å². The Hall–Kier alpha value is -0.870. The lowest BCUT2D eigenvalue weighted by Crippen LogP contribution is -2.19. The minimum Gasteiger partial charge on any atom is -0.460 e. The van der Waals surface area contributed by atoms with Crippen LogP contribution in [0.25, 0.3) is 0 Å². The van der Waals surface area contributed by atoms with E-state index in [0.717, 1.165) is 12.5 Å². The van der Waals surface area contributed by atoms with Gasteiger partial charge >= 0.3 is 5.97 Å². The fourth-order valence-corrected chi connectivity index (χ4v) is 0.716. The number of esters is 1. The normalized spacial score (nSPS) is 12.2. The van der Waals surface area contributed by atoms with Crippen molar-refractivity contribution in [2.45, 2.75) is 19.4 Å². The largest absolute Gasteiger partial charge is 0.460 e. The van der Waals surface area contributed by atoms with Gasteiger partial charge in [-0.25, -0.2) is 4.79 Å². The van der Waals surface area contributed by atoms with Crippen LogP contribution in [0.5, 0.6) is 0 Å². The highest BCUT2D eigenvalue weighted by Crippen LogP contribution is 1.95. The van der Waals surface area contributed by atoms with Crippen molar-refractivity contribution in [3.8, 4) is 0 Å². The summed E-state index contributed by atoms with van der Waals surface area (Å²) in [4.78, 5) is 10.6. The Morgan fingerprint density at radius 1 is 1.62 bits per heavy atom. The third-order valence-corrected chi connectivity index (χ3v) is 1.51. The van der Waals surface area contributed by atoms with Gasteiger partial charge in [0.05, 0.1) is 19.3 Å². The highest BCUT2D eigenvalue weighted by Gasteiger charge is 2.03. The molecule has 0 rings (SSSR count). The lowest BCUT2D eigenvalue weighted by atomic mass is 10.3. The average molecular weight is 188 g/mol. The lowest BCUT2D eigenvalue weighted by molar-refractivity contribution is -0.140. The van der Waals surface area contributed by atoms with Crippen molar-refractivity contribution in [3.63, 3.8) is 0 Å². The summed E-state index contributed by atoms with van der Waals surface area (Å²) in [6.07, 6.45) is 1.68. The highest BCUT2D eigenvalue weighted by molar-refractivity contribution is 5.81. The van der Waals surface area contributed by atoms with E-state index < -0.39 is 5.97 Å². The first kappa shape index (κ1) is 12.1. The molecule has 0 heterocycles. The Morgan fingerprint density at radius 2 is 2.31 bits per heavy atom. The minimum absolute atomic E-state index is 0.00803. The van der Waals surface area contributed by atoms with Crippen molar-refractivity contribution in [2.24, 2.45) is 0 Å². The first-order chi connectivity index (χ1) is 6.24. The number of aliphatic hydroxyl groups excluding tert-OH is 1. The number of hydrogen-bond donors (Lipinski definition) is 1. The van der Waals surface area contributed by atoms with Gasteiger partial charge in [-0.3, -0.25) is 0 Å². The zero-order valence-electron chi connectivity index (χ0n) is 7.86. The summed E-state index contributed by atoms with van der Waals surface area (Å²) in [7, 11) is 0. The number of rotatable bonds is 7. The number of carbonyl (C=O) groups is 1. The van der Waals surface area contributed by atoms with Gasteiger partial charge in [0, 0.05) is 6.08 Å². The lowest BCUT2D eigenvalue weighted by Gasteiger charge is -2.12. The van der Waals surface area contributed by atoms with Gasteiger partial charge in [0.15, 0.2) is 0 Å². The third-order valence-electron chi connectivity index (χ3n) is 1.51. The second-order valence-corrected chi connectivity index (χ2v) is 2.46. The van der Waals surface area contributed by atoms with Crippen LogP contribution in [-0.4, -0.2) is 37.0 Å². The van der Waals surface area contributed by atoms with Crippen molar-refractivity contribution in [3.05, 3.63) is 12.7 Å². The number of carbonyl (C=O) groups excluding carboxylic acids is 1. The van der Waals surface area contributed by atoms with E-state index >= 15 is 0 Å². The molecule has 0 fully saturated rings. The van der Waals surface area contributed by atoms with E-state index in [9.17, 15) is 4.79 Å². The molecule has 0 aromatic carbocycles. The summed E-state index contributed by atoms with van der Waals surface area (Å²) < 4.78 is 9.84. The summed E-state index contributed by atoms with van der Waals surface area (Å²) >= 11 is 0. The molecule has 0 saturated carbocycles. The molecule has 0 aliphatic heterocycles. The van der Waals surface area contributed by atoms with Crippen molar-refractivity contribution < 1.29 is 19.4 Å². The molecule has 4 heteroatoms. The van der Waals surface area contributed by atoms with Gasteiger partial charge in [-0.15, -0.1) is 0 Å². The fourth-order valence-electron chi connectivity index (χ4n) is 0.716. The summed E-state index contributed by atoms with van der Waals surface area (Å²) in [5.41, 5.74) is 0. The van der Waals surface area contributed by atoms with Gasteiger partial charge in [-0.1, -0.05) is 13.5 Å². The zero-order chi connectivity index (χ0) is 10.1. The third kappa shape index (κ3) is 6.31. The summed E-state index contributed by atoms with van der Waals surface area (Å²) in [6, 6.07) is 0. The van der Waals surface area contributed by atoms with Crippen LogP contribution >= 0.6 is 0 Å². The second-order valence-electron chi connectivity index (χ2n) is 2.46. The Balaban J connectivity index is 3.33. The molecule has 0 amide bonds. The molecule has 4 nitrogen and oxygen atoms in total. The molecule has 1 N–H and O–H groups in total. The van der Waals surface area contributed by atoms with E-state index in [0.29, 0.717) is 6.61 Å². The SMILES string of the molecule is C=CC(=O)OCCOC(CC)CO. The van der Waals surface area contributed by atoms with Crippen LogP contribution in [-0.2, 0) is 14.3 Å².